The number of aryl methyl sites for hydroxylation is 1. The largest absolute Gasteiger partial charge is 0.476 e. The van der Waals surface area contributed by atoms with Crippen LogP contribution < -0.4 is 9.64 Å². The summed E-state index contributed by atoms with van der Waals surface area (Å²) < 4.78 is 9.68. The van der Waals surface area contributed by atoms with E-state index >= 15 is 0 Å². The zero-order chi connectivity index (χ0) is 21.6. The Hall–Kier alpha value is -3.23. The molecule has 0 aliphatic carbocycles. The Morgan fingerprint density at radius 2 is 1.94 bits per heavy atom. The molecule has 0 aromatic carbocycles. The highest BCUT2D eigenvalue weighted by atomic mass is 16.5. The number of anilines is 1. The van der Waals surface area contributed by atoms with Crippen LogP contribution in [-0.4, -0.2) is 53.9 Å². The van der Waals surface area contributed by atoms with E-state index < -0.39 is 0 Å². The van der Waals surface area contributed by atoms with E-state index in [1.807, 2.05) is 34.3 Å². The molecule has 1 aliphatic heterocycles. The van der Waals surface area contributed by atoms with Crippen molar-refractivity contribution in [3.05, 3.63) is 42.1 Å². The fourth-order valence-electron chi connectivity index (χ4n) is 3.97. The molecular weight excluding hydrogens is 392 g/mol. The Morgan fingerprint density at radius 3 is 2.71 bits per heavy atom. The second kappa shape index (κ2) is 7.47. The number of rotatable bonds is 4. The number of hydrogen-bond acceptors (Lipinski definition) is 7. The highest BCUT2D eigenvalue weighted by Gasteiger charge is 2.23. The van der Waals surface area contributed by atoms with Crippen LogP contribution in [0.4, 0.5) is 5.82 Å². The van der Waals surface area contributed by atoms with Gasteiger partial charge in [0.1, 0.15) is 12.1 Å². The Balaban J connectivity index is 1.21. The van der Waals surface area contributed by atoms with Gasteiger partial charge in [0, 0.05) is 36.3 Å². The fraction of sp³-hybridized carbons (Fsp3) is 0.500. The highest BCUT2D eigenvalue weighted by Crippen LogP contribution is 2.25. The molecule has 9 heteroatoms. The molecule has 0 saturated carbocycles. The lowest BCUT2D eigenvalue weighted by Crippen LogP contribution is -2.36. The smallest absolute Gasteiger partial charge is 0.254 e. The van der Waals surface area contributed by atoms with Crippen molar-refractivity contribution in [2.24, 2.45) is 5.92 Å². The quantitative estimate of drug-likeness (QED) is 0.501. The summed E-state index contributed by atoms with van der Waals surface area (Å²) in [5, 5.41) is 8.92. The summed E-state index contributed by atoms with van der Waals surface area (Å²) >= 11 is 0. The van der Waals surface area contributed by atoms with Crippen molar-refractivity contribution in [1.82, 2.24) is 34.2 Å². The van der Waals surface area contributed by atoms with Crippen molar-refractivity contribution >= 4 is 17.2 Å². The van der Waals surface area contributed by atoms with Crippen molar-refractivity contribution < 1.29 is 4.74 Å². The summed E-state index contributed by atoms with van der Waals surface area (Å²) in [7, 11) is 0. The van der Waals surface area contributed by atoms with E-state index in [2.05, 4.69) is 56.9 Å². The minimum absolute atomic E-state index is 0.00609. The van der Waals surface area contributed by atoms with Crippen LogP contribution in [0.2, 0.25) is 0 Å². The molecular formula is C22H28N8O. The van der Waals surface area contributed by atoms with Gasteiger partial charge in [0.2, 0.25) is 5.88 Å². The van der Waals surface area contributed by atoms with Crippen molar-refractivity contribution in [3.8, 4) is 5.88 Å². The number of ether oxygens (including phenoxy) is 1. The SMILES string of the molecule is Cc1cc(N2CCC(COc3ccc4nc(C(C)(C)C)cn4n3)CC2)n2ncnc2n1. The zero-order valence-electron chi connectivity index (χ0n) is 18.5. The summed E-state index contributed by atoms with van der Waals surface area (Å²) in [6.45, 7) is 11.0. The van der Waals surface area contributed by atoms with Crippen LogP contribution in [-0.2, 0) is 5.41 Å². The molecule has 1 aliphatic rings. The highest BCUT2D eigenvalue weighted by molar-refractivity contribution is 5.47. The van der Waals surface area contributed by atoms with E-state index in [4.69, 9.17) is 4.74 Å². The summed E-state index contributed by atoms with van der Waals surface area (Å²) in [4.78, 5) is 15.7. The second-order valence-corrected chi connectivity index (χ2v) is 9.32. The van der Waals surface area contributed by atoms with Gasteiger partial charge in [-0.15, -0.1) is 5.10 Å². The van der Waals surface area contributed by atoms with E-state index in [9.17, 15) is 0 Å². The average molecular weight is 421 g/mol. The fourth-order valence-corrected chi connectivity index (χ4v) is 3.97. The molecule has 162 valence electrons. The van der Waals surface area contributed by atoms with Crippen molar-refractivity contribution in [1.29, 1.82) is 0 Å². The van der Waals surface area contributed by atoms with E-state index in [1.54, 1.807) is 6.33 Å². The molecule has 0 spiro atoms. The molecule has 5 rings (SSSR count). The van der Waals surface area contributed by atoms with Gasteiger partial charge in [-0.2, -0.15) is 14.6 Å². The summed E-state index contributed by atoms with van der Waals surface area (Å²) in [6, 6.07) is 5.95. The first-order chi connectivity index (χ1) is 14.9. The standard InChI is InChI=1S/C22H28N8O/c1-15-11-20(30-21(25-15)23-14-24-30)28-9-7-16(8-10-28)13-31-19-6-5-18-26-17(22(2,3)4)12-29(18)27-19/h5-6,11-12,14,16H,7-10,13H2,1-4H3. The topological polar surface area (TPSA) is 85.7 Å². The molecule has 0 bridgehead atoms. The van der Waals surface area contributed by atoms with Crippen LogP contribution in [0.3, 0.4) is 0 Å². The van der Waals surface area contributed by atoms with Crippen LogP contribution in [0.25, 0.3) is 11.4 Å². The minimum Gasteiger partial charge on any atom is -0.476 e. The van der Waals surface area contributed by atoms with Gasteiger partial charge in [-0.05, 0) is 31.7 Å². The molecule has 31 heavy (non-hydrogen) atoms. The first kappa shape index (κ1) is 19.7. The molecule has 1 fully saturated rings. The average Bonchev–Trinajstić information content (AvgIpc) is 3.38. The number of fused-ring (bicyclic) bond motifs is 2. The van der Waals surface area contributed by atoms with Gasteiger partial charge in [-0.25, -0.2) is 14.5 Å². The van der Waals surface area contributed by atoms with Crippen molar-refractivity contribution in [2.75, 3.05) is 24.6 Å². The molecule has 4 aromatic heterocycles. The lowest BCUT2D eigenvalue weighted by molar-refractivity contribution is 0.213. The Bertz CT molecular complexity index is 1210. The lowest BCUT2D eigenvalue weighted by atomic mass is 9.93. The normalized spacial score (nSPS) is 15.8. The van der Waals surface area contributed by atoms with Crippen molar-refractivity contribution in [2.45, 2.75) is 46.0 Å². The number of piperidine rings is 1. The molecule has 0 radical (unpaired) electrons. The van der Waals surface area contributed by atoms with Gasteiger partial charge < -0.3 is 9.64 Å². The zero-order valence-corrected chi connectivity index (χ0v) is 18.5. The third kappa shape index (κ3) is 3.92. The van der Waals surface area contributed by atoms with Gasteiger partial charge in [0.25, 0.3) is 5.78 Å². The van der Waals surface area contributed by atoms with Crippen LogP contribution in [0.1, 0.15) is 45.0 Å². The maximum absolute atomic E-state index is 6.05. The predicted molar refractivity (Wildman–Crippen MR) is 118 cm³/mol. The Morgan fingerprint density at radius 1 is 1.13 bits per heavy atom. The second-order valence-electron chi connectivity index (χ2n) is 9.32. The molecule has 5 heterocycles. The van der Waals surface area contributed by atoms with E-state index in [1.165, 1.54) is 0 Å². The van der Waals surface area contributed by atoms with Gasteiger partial charge in [-0.3, -0.25) is 0 Å². The van der Waals surface area contributed by atoms with E-state index in [0.717, 1.165) is 48.8 Å². The third-order valence-corrected chi connectivity index (χ3v) is 5.83. The van der Waals surface area contributed by atoms with Crippen LogP contribution in [0.5, 0.6) is 5.88 Å². The van der Waals surface area contributed by atoms with Gasteiger partial charge in [0.15, 0.2) is 5.65 Å². The monoisotopic (exact) mass is 420 g/mol. The first-order valence-corrected chi connectivity index (χ1v) is 10.8. The summed E-state index contributed by atoms with van der Waals surface area (Å²) in [5.74, 6) is 2.84. The molecule has 0 unspecified atom stereocenters. The molecule has 0 N–H and O–H groups in total. The predicted octanol–water partition coefficient (Wildman–Crippen LogP) is 3.07. The van der Waals surface area contributed by atoms with Crippen LogP contribution >= 0.6 is 0 Å². The van der Waals surface area contributed by atoms with Gasteiger partial charge >= 0.3 is 0 Å². The molecule has 0 amide bonds. The molecule has 9 nitrogen and oxygen atoms in total. The lowest BCUT2D eigenvalue weighted by Gasteiger charge is -2.33. The maximum atomic E-state index is 6.05. The number of aromatic nitrogens is 7. The van der Waals surface area contributed by atoms with Crippen molar-refractivity contribution in [3.63, 3.8) is 0 Å². The maximum Gasteiger partial charge on any atom is 0.254 e. The first-order valence-electron chi connectivity index (χ1n) is 10.8. The summed E-state index contributed by atoms with van der Waals surface area (Å²) in [5.41, 5.74) is 2.82. The van der Waals surface area contributed by atoms with Crippen LogP contribution in [0.15, 0.2) is 30.7 Å². The number of imidazole rings is 1. The Kier molecular flexibility index (Phi) is 4.75. The Labute approximate surface area is 181 Å². The van der Waals surface area contributed by atoms with E-state index in [-0.39, 0.29) is 5.41 Å². The third-order valence-electron chi connectivity index (χ3n) is 5.83. The minimum atomic E-state index is -0.00609. The van der Waals surface area contributed by atoms with E-state index in [0.29, 0.717) is 24.2 Å². The van der Waals surface area contributed by atoms with Crippen LogP contribution in [0, 0.1) is 12.8 Å². The van der Waals surface area contributed by atoms with Gasteiger partial charge in [-0.1, -0.05) is 20.8 Å². The molecule has 0 atom stereocenters. The number of nitrogens with zero attached hydrogens (tertiary/aromatic N) is 8. The van der Waals surface area contributed by atoms with Gasteiger partial charge in [0.05, 0.1) is 18.5 Å². The molecule has 1 saturated heterocycles. The summed E-state index contributed by atoms with van der Waals surface area (Å²) in [6.07, 6.45) is 5.65. The molecule has 4 aromatic rings. The number of hydrogen-bond donors (Lipinski definition) is 0.